The molecule has 0 fully saturated rings. The van der Waals surface area contributed by atoms with Crippen molar-refractivity contribution in [1.82, 2.24) is 0 Å². The van der Waals surface area contributed by atoms with Crippen molar-refractivity contribution in [2.24, 2.45) is 4.99 Å². The highest BCUT2D eigenvalue weighted by atomic mass is 35.5. The molecule has 134 valence electrons. The summed E-state index contributed by atoms with van der Waals surface area (Å²) in [5.41, 5.74) is 1.63. The summed E-state index contributed by atoms with van der Waals surface area (Å²) in [5, 5.41) is 0.503. The summed E-state index contributed by atoms with van der Waals surface area (Å²) in [6, 6.07) is 11.5. The maximum atomic E-state index is 13.5. The molecular weight excluding hydrogens is 375 g/mol. The highest BCUT2D eigenvalue weighted by molar-refractivity contribution is 8.14. The Morgan fingerprint density at radius 1 is 1.27 bits per heavy atom. The Hall–Kier alpha value is -2.31. The van der Waals surface area contributed by atoms with Crippen LogP contribution in [-0.4, -0.2) is 23.9 Å². The van der Waals surface area contributed by atoms with Crippen LogP contribution in [0, 0.1) is 5.82 Å². The standard InChI is InChI=1S/C19H16ClFN2O2S/c1-3-26-19-22-17(10-12-4-7-14(25-2)8-5-12)18(24)23(19)13-6-9-16(21)15(20)11-13/h4-11H,3H2,1-2H3. The molecule has 2 aromatic carbocycles. The summed E-state index contributed by atoms with van der Waals surface area (Å²) in [4.78, 5) is 18.8. The number of hydrogen-bond acceptors (Lipinski definition) is 4. The Balaban J connectivity index is 1.96. The van der Waals surface area contributed by atoms with Gasteiger partial charge in [0.25, 0.3) is 5.91 Å². The molecule has 0 radical (unpaired) electrons. The maximum Gasteiger partial charge on any atom is 0.283 e. The second-order valence-corrected chi connectivity index (χ2v) is 7.01. The predicted molar refractivity (Wildman–Crippen MR) is 105 cm³/mol. The van der Waals surface area contributed by atoms with Crippen molar-refractivity contribution in [3.8, 4) is 5.75 Å². The Morgan fingerprint density at radius 3 is 2.62 bits per heavy atom. The van der Waals surface area contributed by atoms with Crippen LogP contribution >= 0.6 is 23.4 Å². The summed E-state index contributed by atoms with van der Waals surface area (Å²) < 4.78 is 18.6. The number of ether oxygens (including phenoxy) is 1. The van der Waals surface area contributed by atoms with E-state index >= 15 is 0 Å². The SMILES string of the molecule is CCSC1=NC(=Cc2ccc(OC)cc2)C(=O)N1c1ccc(F)c(Cl)c1. The third-order valence-corrected chi connectivity index (χ3v) is 4.79. The van der Waals surface area contributed by atoms with Gasteiger partial charge in [-0.25, -0.2) is 9.38 Å². The van der Waals surface area contributed by atoms with Gasteiger partial charge in [-0.3, -0.25) is 9.69 Å². The van der Waals surface area contributed by atoms with E-state index in [4.69, 9.17) is 16.3 Å². The molecule has 4 nitrogen and oxygen atoms in total. The smallest absolute Gasteiger partial charge is 0.283 e. The van der Waals surface area contributed by atoms with Crippen LogP contribution in [0.15, 0.2) is 53.2 Å². The molecule has 0 saturated carbocycles. The lowest BCUT2D eigenvalue weighted by Crippen LogP contribution is -2.30. The number of anilines is 1. The van der Waals surface area contributed by atoms with Gasteiger partial charge >= 0.3 is 0 Å². The molecule has 0 aromatic heterocycles. The average molecular weight is 391 g/mol. The summed E-state index contributed by atoms with van der Waals surface area (Å²) in [7, 11) is 1.60. The second kappa shape index (κ2) is 7.93. The van der Waals surface area contributed by atoms with Crippen molar-refractivity contribution < 1.29 is 13.9 Å². The molecule has 0 saturated heterocycles. The fourth-order valence-corrected chi connectivity index (χ4v) is 3.35. The quantitative estimate of drug-likeness (QED) is 0.691. The number of amides is 1. The fraction of sp³-hybridized carbons (Fsp3) is 0.158. The summed E-state index contributed by atoms with van der Waals surface area (Å²) >= 11 is 7.31. The number of rotatable bonds is 4. The third-order valence-electron chi connectivity index (χ3n) is 3.68. The lowest BCUT2D eigenvalue weighted by atomic mass is 10.2. The number of nitrogens with zero attached hydrogens (tertiary/aromatic N) is 2. The molecule has 7 heteroatoms. The predicted octanol–water partition coefficient (Wildman–Crippen LogP) is 4.98. The van der Waals surface area contributed by atoms with Gasteiger partial charge in [0.1, 0.15) is 17.3 Å². The first-order valence-electron chi connectivity index (χ1n) is 7.90. The van der Waals surface area contributed by atoms with Crippen molar-refractivity contribution in [3.05, 3.63) is 64.6 Å². The largest absolute Gasteiger partial charge is 0.497 e. The van der Waals surface area contributed by atoms with E-state index in [2.05, 4.69) is 4.99 Å². The van der Waals surface area contributed by atoms with E-state index in [1.54, 1.807) is 13.2 Å². The lowest BCUT2D eigenvalue weighted by Gasteiger charge is -2.17. The van der Waals surface area contributed by atoms with Crippen LogP contribution in [0.1, 0.15) is 12.5 Å². The second-order valence-electron chi connectivity index (χ2n) is 5.37. The number of methoxy groups -OCH3 is 1. The van der Waals surface area contributed by atoms with Gasteiger partial charge in [0, 0.05) is 0 Å². The van der Waals surface area contributed by atoms with Crippen molar-refractivity contribution in [1.29, 1.82) is 0 Å². The number of carbonyl (C=O) groups excluding carboxylic acids is 1. The van der Waals surface area contributed by atoms with Gasteiger partial charge in [0.05, 0.1) is 17.8 Å². The van der Waals surface area contributed by atoms with E-state index in [1.165, 1.54) is 34.9 Å². The number of hydrogen-bond donors (Lipinski definition) is 0. The van der Waals surface area contributed by atoms with Crippen molar-refractivity contribution in [2.75, 3.05) is 17.8 Å². The van der Waals surface area contributed by atoms with Crippen LogP contribution in [0.4, 0.5) is 10.1 Å². The molecule has 0 spiro atoms. The van der Waals surface area contributed by atoms with Gasteiger partial charge in [-0.2, -0.15) is 0 Å². The molecule has 1 aliphatic heterocycles. The van der Waals surface area contributed by atoms with Crippen molar-refractivity contribution in [3.63, 3.8) is 0 Å². The summed E-state index contributed by atoms with van der Waals surface area (Å²) in [6.45, 7) is 1.97. The Morgan fingerprint density at radius 2 is 2.00 bits per heavy atom. The topological polar surface area (TPSA) is 41.9 Å². The number of carbonyl (C=O) groups is 1. The minimum atomic E-state index is -0.530. The minimum absolute atomic E-state index is 0.0382. The third kappa shape index (κ3) is 3.76. The molecule has 1 heterocycles. The molecule has 0 unspecified atom stereocenters. The lowest BCUT2D eigenvalue weighted by molar-refractivity contribution is -0.113. The van der Waals surface area contributed by atoms with E-state index in [0.717, 1.165) is 17.1 Å². The average Bonchev–Trinajstić information content (AvgIpc) is 2.94. The van der Waals surface area contributed by atoms with Gasteiger partial charge in [0.15, 0.2) is 5.17 Å². The van der Waals surface area contributed by atoms with Gasteiger partial charge in [-0.05, 0) is 47.7 Å². The number of halogens is 2. The number of aliphatic imine (C=N–C) groups is 1. The van der Waals surface area contributed by atoms with Crippen LogP contribution in [0.2, 0.25) is 5.02 Å². The van der Waals surface area contributed by atoms with Crippen LogP contribution in [0.25, 0.3) is 6.08 Å². The monoisotopic (exact) mass is 390 g/mol. The zero-order valence-corrected chi connectivity index (χ0v) is 15.8. The van der Waals surface area contributed by atoms with Crippen molar-refractivity contribution >= 4 is 46.2 Å². The van der Waals surface area contributed by atoms with E-state index in [1.807, 2.05) is 31.2 Å². The van der Waals surface area contributed by atoms with Gasteiger partial charge in [0.2, 0.25) is 0 Å². The number of benzene rings is 2. The normalized spacial score (nSPS) is 15.5. The molecular formula is C19H16ClFN2O2S. The van der Waals surface area contributed by atoms with Crippen molar-refractivity contribution in [2.45, 2.75) is 6.92 Å². The first kappa shape index (κ1) is 18.5. The highest BCUT2D eigenvalue weighted by Crippen LogP contribution is 2.31. The summed E-state index contributed by atoms with van der Waals surface area (Å²) in [5.74, 6) is 0.670. The molecule has 3 rings (SSSR count). The van der Waals surface area contributed by atoms with E-state index in [-0.39, 0.29) is 10.9 Å². The Labute approximate surface area is 160 Å². The molecule has 2 aromatic rings. The van der Waals surface area contributed by atoms with Crippen LogP contribution in [0.5, 0.6) is 5.75 Å². The molecule has 0 N–H and O–H groups in total. The van der Waals surface area contributed by atoms with Crippen LogP contribution < -0.4 is 9.64 Å². The number of thioether (sulfide) groups is 1. The molecule has 0 aliphatic carbocycles. The van der Waals surface area contributed by atoms with E-state index in [0.29, 0.717) is 16.6 Å². The van der Waals surface area contributed by atoms with Gasteiger partial charge in [-0.15, -0.1) is 0 Å². The molecule has 26 heavy (non-hydrogen) atoms. The minimum Gasteiger partial charge on any atom is -0.497 e. The first-order chi connectivity index (χ1) is 12.5. The zero-order valence-electron chi connectivity index (χ0n) is 14.2. The van der Waals surface area contributed by atoms with Gasteiger partial charge < -0.3 is 4.74 Å². The van der Waals surface area contributed by atoms with Gasteiger partial charge in [-0.1, -0.05) is 42.4 Å². The molecule has 0 atom stereocenters. The van der Waals surface area contributed by atoms with E-state index < -0.39 is 5.82 Å². The van der Waals surface area contributed by atoms with Crippen LogP contribution in [-0.2, 0) is 4.79 Å². The molecule has 0 bridgehead atoms. The Bertz CT molecular complexity index is 897. The first-order valence-corrected chi connectivity index (χ1v) is 9.26. The fourth-order valence-electron chi connectivity index (χ4n) is 2.43. The Kier molecular flexibility index (Phi) is 5.64. The van der Waals surface area contributed by atoms with Crippen LogP contribution in [0.3, 0.4) is 0 Å². The summed E-state index contributed by atoms with van der Waals surface area (Å²) in [6.07, 6.45) is 1.71. The highest BCUT2D eigenvalue weighted by Gasteiger charge is 2.32. The molecule has 1 aliphatic rings. The zero-order chi connectivity index (χ0) is 18.7. The van der Waals surface area contributed by atoms with E-state index in [9.17, 15) is 9.18 Å². The molecule has 1 amide bonds. The maximum absolute atomic E-state index is 13.5. The number of amidine groups is 1.